The van der Waals surface area contributed by atoms with Gasteiger partial charge in [0.2, 0.25) is 0 Å². The number of hydrogen-bond donors (Lipinski definition) is 1. The van der Waals surface area contributed by atoms with Crippen LogP contribution in [0.25, 0.3) is 0 Å². The Kier molecular flexibility index (Phi) is 4.39. The van der Waals surface area contributed by atoms with Crippen LogP contribution in [0.5, 0.6) is 0 Å². The summed E-state index contributed by atoms with van der Waals surface area (Å²) in [5, 5.41) is 2.64. The van der Waals surface area contributed by atoms with Crippen LogP contribution in [-0.4, -0.2) is 28.1 Å². The zero-order valence-electron chi connectivity index (χ0n) is 12.4. The second-order valence-corrected chi connectivity index (χ2v) is 5.65. The third kappa shape index (κ3) is 4.12. The molecule has 5 heteroatoms. The Bertz CT molecular complexity index is 483. The maximum atomic E-state index is 12.0. The van der Waals surface area contributed by atoms with Crippen LogP contribution in [0.15, 0.2) is 12.1 Å². The highest BCUT2D eigenvalue weighted by Gasteiger charge is 2.24. The van der Waals surface area contributed by atoms with E-state index in [-0.39, 0.29) is 5.91 Å². The lowest BCUT2D eigenvalue weighted by molar-refractivity contribution is -0.156. The van der Waals surface area contributed by atoms with Crippen LogP contribution in [0, 0.1) is 6.92 Å². The normalized spacial score (nSPS) is 12.9. The van der Waals surface area contributed by atoms with Gasteiger partial charge in [0, 0.05) is 12.7 Å². The van der Waals surface area contributed by atoms with Gasteiger partial charge in [-0.2, -0.15) is 0 Å². The molecule has 1 heterocycles. The average molecular weight is 266 g/mol. The van der Waals surface area contributed by atoms with E-state index in [1.165, 1.54) is 0 Å². The first-order valence-corrected chi connectivity index (χ1v) is 6.28. The van der Waals surface area contributed by atoms with Crippen molar-refractivity contribution in [3.63, 3.8) is 0 Å². The van der Waals surface area contributed by atoms with Crippen LogP contribution in [-0.2, 0) is 16.6 Å². The highest BCUT2D eigenvalue weighted by atomic mass is 16.6. The summed E-state index contributed by atoms with van der Waals surface area (Å²) in [7, 11) is 1.81. The molecule has 0 saturated heterocycles. The summed E-state index contributed by atoms with van der Waals surface area (Å²) in [4.78, 5) is 23.8. The summed E-state index contributed by atoms with van der Waals surface area (Å²) in [6, 6.07) is 2.90. The molecule has 0 bridgehead atoms. The molecule has 0 unspecified atom stereocenters. The molecule has 0 aliphatic rings. The predicted octanol–water partition coefficient (Wildman–Crippen LogP) is 1.79. The number of hydrogen-bond acceptors (Lipinski definition) is 3. The number of nitrogens with one attached hydrogen (secondary N) is 1. The number of nitrogens with zero attached hydrogens (tertiary/aromatic N) is 1. The minimum atomic E-state index is -0.679. The molecular weight excluding hydrogens is 244 g/mol. The molecule has 0 saturated carbocycles. The van der Waals surface area contributed by atoms with E-state index in [2.05, 4.69) is 5.32 Å². The Morgan fingerprint density at radius 3 is 2.32 bits per heavy atom. The van der Waals surface area contributed by atoms with Crippen molar-refractivity contribution in [3.8, 4) is 0 Å². The smallest absolute Gasteiger partial charge is 0.328 e. The fraction of sp³-hybridized carbons (Fsp3) is 0.571. The van der Waals surface area contributed by atoms with Gasteiger partial charge in [0.1, 0.15) is 17.3 Å². The summed E-state index contributed by atoms with van der Waals surface area (Å²) in [5.74, 6) is -0.722. The molecule has 19 heavy (non-hydrogen) atoms. The van der Waals surface area contributed by atoms with Gasteiger partial charge in [0.05, 0.1) is 0 Å². The van der Waals surface area contributed by atoms with E-state index in [0.29, 0.717) is 5.69 Å². The number of aromatic nitrogens is 1. The number of ether oxygens (including phenoxy) is 1. The van der Waals surface area contributed by atoms with Crippen molar-refractivity contribution < 1.29 is 14.3 Å². The molecular formula is C14H22N2O3. The fourth-order valence-electron chi connectivity index (χ4n) is 1.56. The summed E-state index contributed by atoms with van der Waals surface area (Å²) in [5.41, 5.74) is 0.945. The molecule has 5 nitrogen and oxygen atoms in total. The first-order valence-electron chi connectivity index (χ1n) is 6.28. The van der Waals surface area contributed by atoms with Crippen molar-refractivity contribution in [1.29, 1.82) is 0 Å². The van der Waals surface area contributed by atoms with E-state index in [0.717, 1.165) is 5.69 Å². The van der Waals surface area contributed by atoms with Crippen LogP contribution in [0.4, 0.5) is 0 Å². The molecule has 1 rings (SSSR count). The Hall–Kier alpha value is -1.78. The van der Waals surface area contributed by atoms with Crippen LogP contribution >= 0.6 is 0 Å². The number of rotatable bonds is 3. The fourth-order valence-corrected chi connectivity index (χ4v) is 1.56. The number of esters is 1. The Morgan fingerprint density at radius 1 is 1.32 bits per heavy atom. The third-order valence-corrected chi connectivity index (χ3v) is 2.71. The van der Waals surface area contributed by atoms with Gasteiger partial charge in [-0.15, -0.1) is 0 Å². The molecule has 0 aliphatic carbocycles. The molecule has 1 aromatic rings. The first-order chi connectivity index (χ1) is 8.61. The lowest BCUT2D eigenvalue weighted by Gasteiger charge is -2.22. The van der Waals surface area contributed by atoms with E-state index in [1.54, 1.807) is 38.3 Å². The first kappa shape index (κ1) is 15.3. The minimum Gasteiger partial charge on any atom is -0.458 e. The van der Waals surface area contributed by atoms with Crippen molar-refractivity contribution in [2.75, 3.05) is 0 Å². The topological polar surface area (TPSA) is 60.3 Å². The van der Waals surface area contributed by atoms with Gasteiger partial charge in [-0.05, 0) is 46.8 Å². The maximum absolute atomic E-state index is 12.0. The van der Waals surface area contributed by atoms with Gasteiger partial charge >= 0.3 is 5.97 Å². The van der Waals surface area contributed by atoms with E-state index >= 15 is 0 Å². The molecule has 1 N–H and O–H groups in total. The second-order valence-electron chi connectivity index (χ2n) is 5.65. The SMILES string of the molecule is Cc1ccc(C(=O)N[C@@H](C)C(=O)OC(C)(C)C)n1C. The molecule has 0 aliphatic heterocycles. The number of amides is 1. The number of carbonyl (C=O) groups is 2. The Morgan fingerprint density at radius 2 is 1.89 bits per heavy atom. The second kappa shape index (κ2) is 5.47. The van der Waals surface area contributed by atoms with Crippen LogP contribution in [0.2, 0.25) is 0 Å². The summed E-state index contributed by atoms with van der Waals surface area (Å²) >= 11 is 0. The third-order valence-electron chi connectivity index (χ3n) is 2.71. The van der Waals surface area contributed by atoms with Crippen molar-refractivity contribution in [3.05, 3.63) is 23.5 Å². The quantitative estimate of drug-likeness (QED) is 0.849. The van der Waals surface area contributed by atoms with Crippen LogP contribution in [0.3, 0.4) is 0 Å². The van der Waals surface area contributed by atoms with Crippen molar-refractivity contribution in [2.45, 2.75) is 46.3 Å². The zero-order chi connectivity index (χ0) is 14.8. The van der Waals surface area contributed by atoms with Gasteiger partial charge in [-0.1, -0.05) is 0 Å². The largest absolute Gasteiger partial charge is 0.458 e. The molecule has 106 valence electrons. The van der Waals surface area contributed by atoms with Gasteiger partial charge in [0.15, 0.2) is 0 Å². The minimum absolute atomic E-state index is 0.283. The highest BCUT2D eigenvalue weighted by Crippen LogP contribution is 2.09. The molecule has 1 amide bonds. The Balaban J connectivity index is 2.67. The number of aryl methyl sites for hydroxylation is 1. The van der Waals surface area contributed by atoms with Crippen molar-refractivity contribution in [2.24, 2.45) is 7.05 Å². The van der Waals surface area contributed by atoms with Crippen LogP contribution in [0.1, 0.15) is 43.9 Å². The lowest BCUT2D eigenvalue weighted by Crippen LogP contribution is -2.42. The highest BCUT2D eigenvalue weighted by molar-refractivity contribution is 5.95. The average Bonchev–Trinajstić information content (AvgIpc) is 2.57. The van der Waals surface area contributed by atoms with E-state index in [1.807, 2.05) is 20.0 Å². The van der Waals surface area contributed by atoms with Crippen LogP contribution < -0.4 is 5.32 Å². The van der Waals surface area contributed by atoms with Gasteiger partial charge in [-0.25, -0.2) is 4.79 Å². The van der Waals surface area contributed by atoms with E-state index in [9.17, 15) is 9.59 Å². The zero-order valence-corrected chi connectivity index (χ0v) is 12.4. The summed E-state index contributed by atoms with van der Waals surface area (Å²) < 4.78 is 6.99. The lowest BCUT2D eigenvalue weighted by atomic mass is 10.2. The summed E-state index contributed by atoms with van der Waals surface area (Å²) in [6.45, 7) is 8.90. The summed E-state index contributed by atoms with van der Waals surface area (Å²) in [6.07, 6.45) is 0. The van der Waals surface area contributed by atoms with E-state index in [4.69, 9.17) is 4.74 Å². The standard InChI is InChI=1S/C14H22N2O3/c1-9-7-8-11(16(9)6)12(17)15-10(2)13(18)19-14(3,4)5/h7-8,10H,1-6H3,(H,15,17)/t10-/m0/s1. The molecule has 1 atom stereocenters. The van der Waals surface area contributed by atoms with Gasteiger partial charge < -0.3 is 14.6 Å². The van der Waals surface area contributed by atoms with Gasteiger partial charge in [0.25, 0.3) is 5.91 Å². The number of carbonyl (C=O) groups excluding carboxylic acids is 2. The monoisotopic (exact) mass is 266 g/mol. The molecule has 0 fully saturated rings. The van der Waals surface area contributed by atoms with Gasteiger partial charge in [-0.3, -0.25) is 4.79 Å². The Labute approximate surface area is 113 Å². The molecule has 0 aromatic carbocycles. The maximum Gasteiger partial charge on any atom is 0.328 e. The van der Waals surface area contributed by atoms with Crippen molar-refractivity contribution in [1.82, 2.24) is 9.88 Å². The van der Waals surface area contributed by atoms with E-state index < -0.39 is 17.6 Å². The predicted molar refractivity (Wildman–Crippen MR) is 72.9 cm³/mol. The van der Waals surface area contributed by atoms with Crippen molar-refractivity contribution >= 4 is 11.9 Å². The molecule has 0 radical (unpaired) electrons. The molecule has 1 aromatic heterocycles. The molecule has 0 spiro atoms.